The zero-order chi connectivity index (χ0) is 15.6. The third-order valence-corrected chi connectivity index (χ3v) is 2.43. The number of rotatable bonds is 17. The molecule has 0 aromatic carbocycles. The summed E-state index contributed by atoms with van der Waals surface area (Å²) in [5.41, 5.74) is 0. The number of hydrogen-bond acceptors (Lipinski definition) is 6. The fourth-order valence-electron chi connectivity index (χ4n) is 1.37. The molecular weight excluding hydrogens is 278 g/mol. The number of carbonyl (C=O) groups is 1. The molecule has 0 amide bonds. The summed E-state index contributed by atoms with van der Waals surface area (Å²) in [6.45, 7) is 7.98. The average Bonchev–Trinajstić information content (AvgIpc) is 2.46. The summed E-state index contributed by atoms with van der Waals surface area (Å²) in [5.74, 6) is -0.854. The second-order valence-corrected chi connectivity index (χ2v) is 4.34. The van der Waals surface area contributed by atoms with Crippen molar-refractivity contribution in [3.8, 4) is 0 Å². The SMILES string of the molecule is CCCNCCOCCOCCOCCOCCC(=O)O. The molecule has 126 valence electrons. The molecule has 0 fully saturated rings. The quantitative estimate of drug-likeness (QED) is 0.379. The molecular formula is C14H29NO6. The van der Waals surface area contributed by atoms with Crippen LogP contribution in [0.5, 0.6) is 0 Å². The fraction of sp³-hybridized carbons (Fsp3) is 0.929. The highest BCUT2D eigenvalue weighted by Crippen LogP contribution is 1.85. The summed E-state index contributed by atoms with van der Waals surface area (Å²) in [7, 11) is 0. The van der Waals surface area contributed by atoms with Crippen molar-refractivity contribution < 1.29 is 28.8 Å². The molecule has 21 heavy (non-hydrogen) atoms. The lowest BCUT2D eigenvalue weighted by atomic mass is 10.5. The number of nitrogens with one attached hydrogen (secondary N) is 1. The Bertz CT molecular complexity index is 228. The van der Waals surface area contributed by atoms with Crippen LogP contribution < -0.4 is 5.32 Å². The molecule has 0 atom stereocenters. The average molecular weight is 307 g/mol. The lowest BCUT2D eigenvalue weighted by Crippen LogP contribution is -2.21. The molecule has 0 rings (SSSR count). The number of carboxylic acid groups (broad SMARTS) is 1. The molecule has 0 radical (unpaired) electrons. The molecule has 0 aromatic rings. The molecule has 0 heterocycles. The van der Waals surface area contributed by atoms with Crippen molar-refractivity contribution in [2.24, 2.45) is 0 Å². The van der Waals surface area contributed by atoms with Crippen molar-refractivity contribution in [3.05, 3.63) is 0 Å². The molecule has 0 aromatic heterocycles. The van der Waals surface area contributed by atoms with Crippen LogP contribution in [0.25, 0.3) is 0 Å². The number of carboxylic acids is 1. The third-order valence-electron chi connectivity index (χ3n) is 2.43. The summed E-state index contributed by atoms with van der Waals surface area (Å²) in [6.07, 6.45) is 1.16. The maximum Gasteiger partial charge on any atom is 0.305 e. The summed E-state index contributed by atoms with van der Waals surface area (Å²) in [5, 5.41) is 11.6. The standard InChI is InChI=1S/C14H29NO6/c1-2-4-15-5-7-19-9-11-21-13-12-20-10-8-18-6-3-14(16)17/h15H,2-13H2,1H3,(H,16,17). The van der Waals surface area contributed by atoms with E-state index < -0.39 is 5.97 Å². The van der Waals surface area contributed by atoms with E-state index in [4.69, 9.17) is 24.1 Å². The van der Waals surface area contributed by atoms with Crippen LogP contribution in [0.3, 0.4) is 0 Å². The van der Waals surface area contributed by atoms with E-state index in [2.05, 4.69) is 12.2 Å². The lowest BCUT2D eigenvalue weighted by Gasteiger charge is -2.07. The molecule has 0 bridgehead atoms. The van der Waals surface area contributed by atoms with Gasteiger partial charge >= 0.3 is 5.97 Å². The van der Waals surface area contributed by atoms with E-state index in [1.165, 1.54) is 0 Å². The number of ether oxygens (including phenoxy) is 4. The minimum absolute atomic E-state index is 0.0249. The van der Waals surface area contributed by atoms with Crippen LogP contribution in [-0.4, -0.2) is 77.0 Å². The first kappa shape index (κ1) is 20.3. The maximum absolute atomic E-state index is 10.2. The zero-order valence-corrected chi connectivity index (χ0v) is 13.0. The van der Waals surface area contributed by atoms with Gasteiger partial charge in [-0.15, -0.1) is 0 Å². The largest absolute Gasteiger partial charge is 0.481 e. The Morgan fingerprint density at radius 2 is 1.29 bits per heavy atom. The predicted molar refractivity (Wildman–Crippen MR) is 78.7 cm³/mol. The minimum Gasteiger partial charge on any atom is -0.481 e. The monoisotopic (exact) mass is 307 g/mol. The molecule has 0 aliphatic heterocycles. The van der Waals surface area contributed by atoms with Crippen LogP contribution in [0, 0.1) is 0 Å². The van der Waals surface area contributed by atoms with Crippen molar-refractivity contribution in [2.45, 2.75) is 19.8 Å². The highest BCUT2D eigenvalue weighted by atomic mass is 16.6. The fourth-order valence-corrected chi connectivity index (χ4v) is 1.37. The Morgan fingerprint density at radius 1 is 0.810 bits per heavy atom. The first-order valence-corrected chi connectivity index (χ1v) is 7.50. The Hall–Kier alpha value is -0.730. The van der Waals surface area contributed by atoms with Crippen LogP contribution in [0.1, 0.15) is 19.8 Å². The Balaban J connectivity index is 2.95. The topological polar surface area (TPSA) is 86.3 Å². The molecule has 0 aliphatic rings. The van der Waals surface area contributed by atoms with Gasteiger partial charge in [-0.25, -0.2) is 0 Å². The Kier molecular flexibility index (Phi) is 16.7. The maximum atomic E-state index is 10.2. The van der Waals surface area contributed by atoms with E-state index in [0.29, 0.717) is 46.2 Å². The summed E-state index contributed by atoms with van der Waals surface area (Å²) in [4.78, 5) is 10.2. The number of aliphatic carboxylic acids is 1. The van der Waals surface area contributed by atoms with Crippen LogP contribution in [-0.2, 0) is 23.7 Å². The van der Waals surface area contributed by atoms with E-state index in [9.17, 15) is 4.79 Å². The second-order valence-electron chi connectivity index (χ2n) is 4.34. The van der Waals surface area contributed by atoms with Crippen molar-refractivity contribution in [1.82, 2.24) is 5.32 Å². The molecule has 0 aliphatic carbocycles. The van der Waals surface area contributed by atoms with Gasteiger partial charge in [0.25, 0.3) is 0 Å². The van der Waals surface area contributed by atoms with Gasteiger partial charge in [-0.05, 0) is 13.0 Å². The van der Waals surface area contributed by atoms with E-state index in [-0.39, 0.29) is 13.0 Å². The first-order chi connectivity index (χ1) is 10.3. The molecule has 0 saturated carbocycles. The van der Waals surface area contributed by atoms with E-state index >= 15 is 0 Å². The van der Waals surface area contributed by atoms with Gasteiger partial charge in [-0.1, -0.05) is 6.92 Å². The third kappa shape index (κ3) is 19.3. The lowest BCUT2D eigenvalue weighted by molar-refractivity contribution is -0.138. The van der Waals surface area contributed by atoms with Crippen LogP contribution in [0.15, 0.2) is 0 Å². The van der Waals surface area contributed by atoms with Crippen molar-refractivity contribution in [3.63, 3.8) is 0 Å². The van der Waals surface area contributed by atoms with Gasteiger partial charge in [0.05, 0.1) is 59.3 Å². The minimum atomic E-state index is -0.854. The van der Waals surface area contributed by atoms with E-state index in [0.717, 1.165) is 19.5 Å². The predicted octanol–water partition coefficient (Wildman–Crippen LogP) is 0.527. The molecule has 0 spiro atoms. The zero-order valence-electron chi connectivity index (χ0n) is 13.0. The molecule has 7 nitrogen and oxygen atoms in total. The summed E-state index contributed by atoms with van der Waals surface area (Å²) in [6, 6.07) is 0. The van der Waals surface area contributed by atoms with Gasteiger partial charge < -0.3 is 29.4 Å². The smallest absolute Gasteiger partial charge is 0.305 e. The van der Waals surface area contributed by atoms with E-state index in [1.54, 1.807) is 0 Å². The number of hydrogen-bond donors (Lipinski definition) is 2. The van der Waals surface area contributed by atoms with Gasteiger partial charge in [0.1, 0.15) is 0 Å². The van der Waals surface area contributed by atoms with Crippen LogP contribution >= 0.6 is 0 Å². The van der Waals surface area contributed by atoms with Crippen molar-refractivity contribution >= 4 is 5.97 Å². The van der Waals surface area contributed by atoms with Crippen molar-refractivity contribution in [1.29, 1.82) is 0 Å². The Morgan fingerprint density at radius 3 is 1.76 bits per heavy atom. The molecule has 7 heteroatoms. The van der Waals surface area contributed by atoms with Gasteiger partial charge in [0.2, 0.25) is 0 Å². The van der Waals surface area contributed by atoms with E-state index in [1.807, 2.05) is 0 Å². The second kappa shape index (κ2) is 17.3. The summed E-state index contributed by atoms with van der Waals surface area (Å²) >= 11 is 0. The molecule has 0 saturated heterocycles. The van der Waals surface area contributed by atoms with Gasteiger partial charge in [-0.2, -0.15) is 0 Å². The highest BCUT2D eigenvalue weighted by molar-refractivity contribution is 5.66. The van der Waals surface area contributed by atoms with Crippen LogP contribution in [0.4, 0.5) is 0 Å². The molecule has 0 unspecified atom stereocenters. The van der Waals surface area contributed by atoms with Crippen molar-refractivity contribution in [2.75, 3.05) is 65.9 Å². The summed E-state index contributed by atoms with van der Waals surface area (Å²) < 4.78 is 21.0. The van der Waals surface area contributed by atoms with Gasteiger partial charge in [0.15, 0.2) is 0 Å². The Labute approximate surface area is 126 Å². The highest BCUT2D eigenvalue weighted by Gasteiger charge is 1.96. The van der Waals surface area contributed by atoms with Gasteiger partial charge in [0, 0.05) is 6.54 Å². The molecule has 2 N–H and O–H groups in total. The normalized spacial score (nSPS) is 10.9. The first-order valence-electron chi connectivity index (χ1n) is 7.50. The van der Waals surface area contributed by atoms with Crippen LogP contribution in [0.2, 0.25) is 0 Å². The van der Waals surface area contributed by atoms with Gasteiger partial charge in [-0.3, -0.25) is 4.79 Å².